The number of hydrogen-bond donors (Lipinski definition) is 2. The van der Waals surface area contributed by atoms with Crippen molar-refractivity contribution >= 4 is 0 Å². The zero-order valence-electron chi connectivity index (χ0n) is 11.0. The summed E-state index contributed by atoms with van der Waals surface area (Å²) in [6, 6.07) is 0. The lowest BCUT2D eigenvalue weighted by Crippen LogP contribution is -2.23. The van der Waals surface area contributed by atoms with Crippen molar-refractivity contribution in [2.45, 2.75) is 26.1 Å². The molecule has 0 amide bonds. The van der Waals surface area contributed by atoms with Crippen molar-refractivity contribution in [1.29, 1.82) is 0 Å². The summed E-state index contributed by atoms with van der Waals surface area (Å²) in [5.41, 5.74) is 0.865. The normalized spacial score (nSPS) is 12.8. The average Bonchev–Trinajstić information content (AvgIpc) is 2.80. The standard InChI is InChI=1S/C11H22N4O3/c1-3-12-6-10-7-15(14-13-10)8-11(16)9-18-5-4-17-2/h7,11-12,16H,3-6,8-9H2,1-2H3. The van der Waals surface area contributed by atoms with E-state index in [1.807, 2.05) is 13.1 Å². The molecule has 1 unspecified atom stereocenters. The first-order chi connectivity index (χ1) is 8.76. The Bertz CT molecular complexity index is 319. The number of nitrogens with one attached hydrogen (secondary N) is 1. The van der Waals surface area contributed by atoms with E-state index in [4.69, 9.17) is 9.47 Å². The van der Waals surface area contributed by atoms with Crippen LogP contribution in [-0.4, -0.2) is 59.7 Å². The van der Waals surface area contributed by atoms with Crippen molar-refractivity contribution in [2.75, 3.05) is 33.5 Å². The first-order valence-corrected chi connectivity index (χ1v) is 6.10. The highest BCUT2D eigenvalue weighted by molar-refractivity contribution is 4.91. The molecule has 0 saturated heterocycles. The van der Waals surface area contributed by atoms with E-state index >= 15 is 0 Å². The van der Waals surface area contributed by atoms with Gasteiger partial charge in [0.15, 0.2) is 0 Å². The zero-order valence-corrected chi connectivity index (χ0v) is 11.0. The topological polar surface area (TPSA) is 81.4 Å². The maximum Gasteiger partial charge on any atom is 0.0969 e. The van der Waals surface area contributed by atoms with Crippen molar-refractivity contribution in [3.8, 4) is 0 Å². The fourth-order valence-corrected chi connectivity index (χ4v) is 1.39. The highest BCUT2D eigenvalue weighted by Gasteiger charge is 2.07. The van der Waals surface area contributed by atoms with Crippen LogP contribution >= 0.6 is 0 Å². The minimum atomic E-state index is -0.587. The third-order valence-electron chi connectivity index (χ3n) is 2.28. The van der Waals surface area contributed by atoms with Crippen molar-refractivity contribution in [1.82, 2.24) is 20.3 Å². The predicted octanol–water partition coefficient (Wildman–Crippen LogP) is -0.588. The molecule has 1 aromatic rings. The van der Waals surface area contributed by atoms with Crippen molar-refractivity contribution < 1.29 is 14.6 Å². The van der Waals surface area contributed by atoms with Crippen molar-refractivity contribution in [2.24, 2.45) is 0 Å². The number of aliphatic hydroxyl groups is 1. The van der Waals surface area contributed by atoms with Gasteiger partial charge < -0.3 is 19.9 Å². The molecule has 0 bridgehead atoms. The van der Waals surface area contributed by atoms with Gasteiger partial charge in [-0.3, -0.25) is 0 Å². The largest absolute Gasteiger partial charge is 0.389 e. The smallest absolute Gasteiger partial charge is 0.0969 e. The maximum absolute atomic E-state index is 9.72. The Balaban J connectivity index is 2.22. The fourth-order valence-electron chi connectivity index (χ4n) is 1.39. The van der Waals surface area contributed by atoms with Crippen LogP contribution in [0.4, 0.5) is 0 Å². The van der Waals surface area contributed by atoms with Gasteiger partial charge in [0.2, 0.25) is 0 Å². The molecule has 1 heterocycles. The van der Waals surface area contributed by atoms with E-state index in [-0.39, 0.29) is 6.61 Å². The van der Waals surface area contributed by atoms with Crippen LogP contribution in [-0.2, 0) is 22.6 Å². The third-order valence-corrected chi connectivity index (χ3v) is 2.28. The SMILES string of the molecule is CCNCc1cn(CC(O)COCCOC)nn1. The Kier molecular flexibility index (Phi) is 7.51. The Morgan fingerprint density at radius 3 is 3.06 bits per heavy atom. The number of hydrogen-bond acceptors (Lipinski definition) is 6. The molecule has 1 atom stereocenters. The summed E-state index contributed by atoms with van der Waals surface area (Å²) in [4.78, 5) is 0. The predicted molar refractivity (Wildman–Crippen MR) is 66.1 cm³/mol. The van der Waals surface area contributed by atoms with Gasteiger partial charge in [-0.25, -0.2) is 4.68 Å². The van der Waals surface area contributed by atoms with Crippen LogP contribution < -0.4 is 5.32 Å². The summed E-state index contributed by atoms with van der Waals surface area (Å²) in [6.45, 7) is 5.28. The van der Waals surface area contributed by atoms with E-state index in [0.717, 1.165) is 12.2 Å². The van der Waals surface area contributed by atoms with Gasteiger partial charge in [0.25, 0.3) is 0 Å². The Labute approximate surface area is 107 Å². The van der Waals surface area contributed by atoms with Gasteiger partial charge in [0.05, 0.1) is 38.2 Å². The quantitative estimate of drug-likeness (QED) is 0.546. The number of aromatic nitrogens is 3. The van der Waals surface area contributed by atoms with Crippen LogP contribution in [0.25, 0.3) is 0 Å². The number of ether oxygens (including phenoxy) is 2. The van der Waals surface area contributed by atoms with Crippen LogP contribution in [0.1, 0.15) is 12.6 Å². The molecule has 0 aliphatic rings. The van der Waals surface area contributed by atoms with E-state index in [2.05, 4.69) is 15.6 Å². The molecule has 104 valence electrons. The molecule has 0 saturated carbocycles. The lowest BCUT2D eigenvalue weighted by Gasteiger charge is -2.10. The molecule has 0 aliphatic carbocycles. The molecule has 18 heavy (non-hydrogen) atoms. The zero-order chi connectivity index (χ0) is 13.2. The van der Waals surface area contributed by atoms with E-state index in [1.54, 1.807) is 11.8 Å². The summed E-state index contributed by atoms with van der Waals surface area (Å²) in [5.74, 6) is 0. The summed E-state index contributed by atoms with van der Waals surface area (Å²) < 4.78 is 11.7. The molecule has 1 rings (SSSR count). The Hall–Kier alpha value is -1.02. The molecule has 0 aromatic carbocycles. The van der Waals surface area contributed by atoms with Crippen LogP contribution in [0.3, 0.4) is 0 Å². The van der Waals surface area contributed by atoms with Gasteiger partial charge in [-0.15, -0.1) is 5.10 Å². The van der Waals surface area contributed by atoms with Gasteiger partial charge in [-0.05, 0) is 6.54 Å². The van der Waals surface area contributed by atoms with Crippen molar-refractivity contribution in [3.05, 3.63) is 11.9 Å². The molecule has 2 N–H and O–H groups in total. The molecular formula is C11H22N4O3. The molecule has 0 spiro atoms. The van der Waals surface area contributed by atoms with Crippen LogP contribution in [0.5, 0.6) is 0 Å². The number of nitrogens with zero attached hydrogens (tertiary/aromatic N) is 3. The lowest BCUT2D eigenvalue weighted by molar-refractivity contribution is 0.00579. The average molecular weight is 258 g/mol. The fraction of sp³-hybridized carbons (Fsp3) is 0.818. The molecule has 1 aromatic heterocycles. The van der Waals surface area contributed by atoms with Crippen LogP contribution in [0, 0.1) is 0 Å². The second kappa shape index (κ2) is 8.98. The van der Waals surface area contributed by atoms with E-state index in [9.17, 15) is 5.11 Å². The van der Waals surface area contributed by atoms with Crippen LogP contribution in [0.15, 0.2) is 6.20 Å². The van der Waals surface area contributed by atoms with Gasteiger partial charge in [0, 0.05) is 19.9 Å². The first-order valence-electron chi connectivity index (χ1n) is 6.10. The van der Waals surface area contributed by atoms with E-state index in [1.165, 1.54) is 0 Å². The molecule has 0 aliphatic heterocycles. The van der Waals surface area contributed by atoms with Gasteiger partial charge in [-0.1, -0.05) is 12.1 Å². The summed E-state index contributed by atoms with van der Waals surface area (Å²) in [5, 5.41) is 20.8. The highest BCUT2D eigenvalue weighted by Crippen LogP contribution is 1.96. The minimum absolute atomic E-state index is 0.270. The number of methoxy groups -OCH3 is 1. The van der Waals surface area contributed by atoms with Gasteiger partial charge in [0.1, 0.15) is 0 Å². The van der Waals surface area contributed by atoms with Gasteiger partial charge >= 0.3 is 0 Å². The second-order valence-electron chi connectivity index (χ2n) is 3.93. The summed E-state index contributed by atoms with van der Waals surface area (Å²) in [6.07, 6.45) is 1.23. The number of aliphatic hydroxyl groups excluding tert-OH is 1. The van der Waals surface area contributed by atoms with Gasteiger partial charge in [-0.2, -0.15) is 0 Å². The first kappa shape index (κ1) is 15.0. The van der Waals surface area contributed by atoms with E-state index in [0.29, 0.717) is 26.3 Å². The monoisotopic (exact) mass is 258 g/mol. The van der Waals surface area contributed by atoms with Crippen molar-refractivity contribution in [3.63, 3.8) is 0 Å². The summed E-state index contributed by atoms with van der Waals surface area (Å²) in [7, 11) is 1.61. The highest BCUT2D eigenvalue weighted by atomic mass is 16.5. The summed E-state index contributed by atoms with van der Waals surface area (Å²) >= 11 is 0. The molecular weight excluding hydrogens is 236 g/mol. The third kappa shape index (κ3) is 6.06. The molecule has 7 heteroatoms. The Morgan fingerprint density at radius 2 is 2.33 bits per heavy atom. The van der Waals surface area contributed by atoms with E-state index < -0.39 is 6.10 Å². The molecule has 0 radical (unpaired) electrons. The lowest BCUT2D eigenvalue weighted by atomic mass is 10.4. The molecule has 7 nitrogen and oxygen atoms in total. The minimum Gasteiger partial charge on any atom is -0.389 e. The second-order valence-corrected chi connectivity index (χ2v) is 3.93. The number of rotatable bonds is 10. The Morgan fingerprint density at radius 1 is 1.50 bits per heavy atom. The maximum atomic E-state index is 9.72. The molecule has 0 fully saturated rings. The van der Waals surface area contributed by atoms with Crippen LogP contribution in [0.2, 0.25) is 0 Å².